The summed E-state index contributed by atoms with van der Waals surface area (Å²) in [6.07, 6.45) is 0. The van der Waals surface area contributed by atoms with Gasteiger partial charge < -0.3 is 0 Å². The Morgan fingerprint density at radius 1 is 0.667 bits per heavy atom. The van der Waals surface area contributed by atoms with E-state index >= 15 is 0 Å². The minimum absolute atomic E-state index is 0.795. The molecule has 0 spiro atoms. The Bertz CT molecular complexity index is 716. The Morgan fingerprint density at radius 2 is 1.00 bits per heavy atom. The number of hydrogen-bond donors (Lipinski definition) is 2. The fraction of sp³-hybridized carbons (Fsp3) is 1.00. The molecule has 0 aliphatic heterocycles. The van der Waals surface area contributed by atoms with E-state index in [-0.39, 0.29) is 0 Å². The van der Waals surface area contributed by atoms with Crippen molar-refractivity contribution in [3.8, 4) is 0 Å². The van der Waals surface area contributed by atoms with Crippen LogP contribution in [0.2, 0.25) is 0 Å². The van der Waals surface area contributed by atoms with Gasteiger partial charge in [-0.3, -0.25) is 4.55 Å². The van der Waals surface area contributed by atoms with Gasteiger partial charge in [-0.25, -0.2) is 16.8 Å². The molecule has 0 unspecified atom stereocenters. The smallest absolute Gasteiger partial charge is 0.281 e. The van der Waals surface area contributed by atoms with Crippen molar-refractivity contribution >= 4 is 30.2 Å². The number of nitrogens with one attached hydrogen (secondary N) is 1. The van der Waals surface area contributed by atoms with Crippen LogP contribution < -0.4 is 4.13 Å². The van der Waals surface area contributed by atoms with E-state index in [2.05, 4.69) is 0 Å². The maximum atomic E-state index is 12.8. The van der Waals surface area contributed by atoms with E-state index in [0.29, 0.717) is 0 Å². The number of halogens is 7. The molecule has 0 aliphatic rings. The molecule has 0 bridgehead atoms. The topological polar surface area (TPSA) is 135 Å². The van der Waals surface area contributed by atoms with Crippen molar-refractivity contribution in [2.45, 2.75) is 16.0 Å². The van der Waals surface area contributed by atoms with Crippen molar-refractivity contribution in [1.29, 1.82) is 0 Å². The summed E-state index contributed by atoms with van der Waals surface area (Å²) < 4.78 is 155. The third kappa shape index (κ3) is 3.38. The zero-order valence-electron chi connectivity index (χ0n) is 8.77. The predicted molar refractivity (Wildman–Crippen MR) is 48.5 cm³/mol. The first-order chi connectivity index (χ1) is 8.71. The molecule has 21 heavy (non-hydrogen) atoms. The van der Waals surface area contributed by atoms with E-state index in [1.165, 1.54) is 0 Å². The van der Waals surface area contributed by atoms with E-state index in [1.54, 1.807) is 0 Å². The molecule has 0 radical (unpaired) electrons. The highest BCUT2D eigenvalue weighted by Crippen LogP contribution is 2.42. The van der Waals surface area contributed by atoms with E-state index in [4.69, 9.17) is 4.55 Å². The van der Waals surface area contributed by atoms with E-state index in [9.17, 15) is 56.0 Å². The minimum Gasteiger partial charge on any atom is -0.281 e. The molecule has 8 nitrogen and oxygen atoms in total. The highest BCUT2D eigenvalue weighted by Gasteiger charge is 2.74. The lowest BCUT2D eigenvalue weighted by Gasteiger charge is -2.23. The highest BCUT2D eigenvalue weighted by molar-refractivity contribution is 8.06. The maximum Gasteiger partial charge on any atom is 0.512 e. The Labute approximate surface area is 111 Å². The fourth-order valence-corrected chi connectivity index (χ4v) is 3.76. The Balaban J connectivity index is 6.09. The predicted octanol–water partition coefficient (Wildman–Crippen LogP) is -0.171. The monoisotopic (exact) mass is 393 g/mol. The second kappa shape index (κ2) is 4.89. The minimum atomic E-state index is -7.42. The molecule has 0 saturated carbocycles. The van der Waals surface area contributed by atoms with Crippen LogP contribution in [0, 0.1) is 0 Å². The number of alkyl halides is 7. The molecule has 0 aromatic carbocycles. The molecule has 0 fully saturated rings. The summed E-state index contributed by atoms with van der Waals surface area (Å²) in [6.45, 7) is 0. The summed E-state index contributed by atoms with van der Waals surface area (Å²) in [5.41, 5.74) is -6.48. The van der Waals surface area contributed by atoms with Gasteiger partial charge in [0.25, 0.3) is 10.0 Å². The number of sulfonamides is 2. The van der Waals surface area contributed by atoms with Gasteiger partial charge in [-0.15, -0.1) is 0 Å². The molecule has 0 amide bonds. The first-order valence-electron chi connectivity index (χ1n) is 3.78. The third-order valence-electron chi connectivity index (χ3n) is 1.52. The van der Waals surface area contributed by atoms with Gasteiger partial charge >= 0.3 is 36.2 Å². The molecule has 0 aliphatic carbocycles. The van der Waals surface area contributed by atoms with Crippen molar-refractivity contribution in [2.24, 2.45) is 0 Å². The standard InChI is InChI=1S/C3H2F7NO7S3/c4-1(5,2(6,7)21(16,17)18)19(12,13)11-20(14,15)3(8,9)10/h11H,(H,16,17,18). The van der Waals surface area contributed by atoms with Crippen LogP contribution in [0.1, 0.15) is 0 Å². The van der Waals surface area contributed by atoms with Crippen LogP contribution in [0.25, 0.3) is 0 Å². The van der Waals surface area contributed by atoms with E-state index in [0.717, 1.165) is 0 Å². The summed E-state index contributed by atoms with van der Waals surface area (Å²) in [4.78, 5) is 0. The lowest BCUT2D eigenvalue weighted by molar-refractivity contribution is -0.101. The average Bonchev–Trinajstić information content (AvgIpc) is 2.11. The summed E-state index contributed by atoms with van der Waals surface area (Å²) in [7, 11) is -21.6. The molecule has 18 heteroatoms. The largest absolute Gasteiger partial charge is 0.512 e. The van der Waals surface area contributed by atoms with Crippen LogP contribution in [0.4, 0.5) is 30.7 Å². The van der Waals surface area contributed by atoms with Crippen LogP contribution in [0.15, 0.2) is 0 Å². The third-order valence-corrected chi connectivity index (χ3v) is 5.85. The Hall–Kier alpha value is -0.720. The van der Waals surface area contributed by atoms with Crippen LogP contribution in [-0.2, 0) is 30.2 Å². The summed E-state index contributed by atoms with van der Waals surface area (Å²) >= 11 is 0. The second-order valence-corrected chi connectivity index (χ2v) is 8.16. The lowest BCUT2D eigenvalue weighted by Crippen LogP contribution is -2.57. The molecular weight excluding hydrogens is 391 g/mol. The lowest BCUT2D eigenvalue weighted by atomic mass is 10.7. The number of hydrogen-bond acceptors (Lipinski definition) is 6. The zero-order chi connectivity index (χ0) is 17.7. The molecule has 128 valence electrons. The number of rotatable bonds is 5. The molecule has 0 heterocycles. The molecular formula is C3H2F7NO7S3. The van der Waals surface area contributed by atoms with Crippen LogP contribution >= 0.6 is 0 Å². The summed E-state index contributed by atoms with van der Waals surface area (Å²) in [6, 6.07) is 0. The van der Waals surface area contributed by atoms with Crippen molar-refractivity contribution in [3.05, 3.63) is 0 Å². The molecule has 0 aromatic rings. The van der Waals surface area contributed by atoms with Crippen LogP contribution in [0.5, 0.6) is 0 Å². The van der Waals surface area contributed by atoms with Gasteiger partial charge in [-0.1, -0.05) is 4.13 Å². The van der Waals surface area contributed by atoms with Gasteiger partial charge in [-0.2, -0.15) is 39.2 Å². The zero-order valence-corrected chi connectivity index (χ0v) is 11.2. The first-order valence-corrected chi connectivity index (χ1v) is 8.18. The molecule has 0 atom stereocenters. The summed E-state index contributed by atoms with van der Waals surface area (Å²) in [5, 5.41) is -13.8. The summed E-state index contributed by atoms with van der Waals surface area (Å²) in [5.74, 6) is 0. The SMILES string of the molecule is O=S(=O)(O)C(F)(F)C(F)(F)S(=O)(=O)NS(=O)(=O)C(F)(F)F. The van der Waals surface area contributed by atoms with E-state index in [1.807, 2.05) is 0 Å². The molecule has 0 saturated heterocycles. The first kappa shape index (κ1) is 20.3. The van der Waals surface area contributed by atoms with E-state index < -0.39 is 50.3 Å². The normalized spacial score (nSPS) is 16.0. The van der Waals surface area contributed by atoms with Gasteiger partial charge in [0.2, 0.25) is 0 Å². The maximum absolute atomic E-state index is 12.8. The molecule has 2 N–H and O–H groups in total. The Morgan fingerprint density at radius 3 is 1.24 bits per heavy atom. The van der Waals surface area contributed by atoms with Crippen LogP contribution in [-0.4, -0.2) is 45.8 Å². The molecule has 0 aromatic heterocycles. The molecule has 0 rings (SSSR count). The van der Waals surface area contributed by atoms with Crippen molar-refractivity contribution < 1.29 is 60.5 Å². The van der Waals surface area contributed by atoms with Crippen molar-refractivity contribution in [1.82, 2.24) is 4.13 Å². The van der Waals surface area contributed by atoms with Crippen molar-refractivity contribution in [3.63, 3.8) is 0 Å². The highest BCUT2D eigenvalue weighted by atomic mass is 32.3. The van der Waals surface area contributed by atoms with Gasteiger partial charge in [0.05, 0.1) is 0 Å². The second-order valence-electron chi connectivity index (χ2n) is 3.04. The van der Waals surface area contributed by atoms with Gasteiger partial charge in [-0.05, 0) is 0 Å². The Kier molecular flexibility index (Phi) is 4.73. The average molecular weight is 393 g/mol. The van der Waals surface area contributed by atoms with Gasteiger partial charge in [0, 0.05) is 0 Å². The van der Waals surface area contributed by atoms with Crippen LogP contribution in [0.3, 0.4) is 0 Å². The van der Waals surface area contributed by atoms with Gasteiger partial charge in [0.1, 0.15) is 0 Å². The van der Waals surface area contributed by atoms with Crippen molar-refractivity contribution in [2.75, 3.05) is 0 Å². The van der Waals surface area contributed by atoms with Gasteiger partial charge in [0.15, 0.2) is 0 Å². The quantitative estimate of drug-likeness (QED) is 0.489. The fourth-order valence-electron chi connectivity index (χ4n) is 0.551.